The van der Waals surface area contributed by atoms with Gasteiger partial charge in [-0.15, -0.1) is 3.63 Å². The maximum Gasteiger partial charge on any atom is 0.524 e. The summed E-state index contributed by atoms with van der Waals surface area (Å²) >= 11 is 0. The first-order valence-corrected chi connectivity index (χ1v) is 10.0. The first-order chi connectivity index (χ1) is 9.68. The Hall–Kier alpha value is -1.18. The fourth-order valence-electron chi connectivity index (χ4n) is 1.44. The van der Waals surface area contributed by atoms with E-state index in [1.807, 2.05) is 0 Å². The van der Waals surface area contributed by atoms with Gasteiger partial charge in [0.1, 0.15) is 0 Å². The van der Waals surface area contributed by atoms with Crippen LogP contribution in [-0.4, -0.2) is 37.0 Å². The number of halogens is 3. The van der Waals surface area contributed by atoms with E-state index >= 15 is 0 Å². The van der Waals surface area contributed by atoms with Crippen molar-refractivity contribution in [1.82, 2.24) is 0 Å². The molecule has 0 bridgehead atoms. The summed E-state index contributed by atoms with van der Waals surface area (Å²) < 4.78 is 105. The summed E-state index contributed by atoms with van der Waals surface area (Å²) in [6, 6.07) is 5.82. The van der Waals surface area contributed by atoms with Crippen molar-refractivity contribution in [3.05, 3.63) is 35.9 Å². The van der Waals surface area contributed by atoms with Gasteiger partial charge in [-0.05, 0) is 5.56 Å². The third kappa shape index (κ3) is 4.18. The predicted octanol–water partition coefficient (Wildman–Crippen LogP) is 0.926. The normalized spacial score (nSPS) is 15.5. The molecule has 1 atom stereocenters. The Labute approximate surface area is 124 Å². The van der Waals surface area contributed by atoms with E-state index in [0.717, 1.165) is 12.1 Å². The van der Waals surface area contributed by atoms with E-state index in [1.54, 1.807) is 0 Å². The molecule has 0 radical (unpaired) electrons. The molecule has 0 spiro atoms. The molecule has 0 heterocycles. The van der Waals surface area contributed by atoms with Crippen molar-refractivity contribution in [3.63, 3.8) is 0 Å². The molecular formula is C9H9F3O7S3. The second-order valence-corrected chi connectivity index (χ2v) is 9.83. The van der Waals surface area contributed by atoms with E-state index in [1.165, 1.54) is 18.2 Å². The molecule has 0 N–H and O–H groups in total. The summed E-state index contributed by atoms with van der Waals surface area (Å²) in [7, 11) is -16.7. The summed E-state index contributed by atoms with van der Waals surface area (Å²) in [4.78, 5) is 0. The molecule has 0 saturated heterocycles. The fourth-order valence-corrected chi connectivity index (χ4v) is 6.17. The Morgan fingerprint density at radius 2 is 1.41 bits per heavy atom. The Morgan fingerprint density at radius 3 is 1.77 bits per heavy atom. The molecule has 1 aromatic rings. The van der Waals surface area contributed by atoms with Crippen LogP contribution in [0.5, 0.6) is 0 Å². The number of alkyl halides is 3. The zero-order chi connectivity index (χ0) is 17.4. The summed E-state index contributed by atoms with van der Waals surface area (Å²) in [5.41, 5.74) is -6.47. The van der Waals surface area contributed by atoms with Crippen molar-refractivity contribution < 1.29 is 42.1 Å². The van der Waals surface area contributed by atoms with Crippen LogP contribution < -0.4 is 0 Å². The van der Waals surface area contributed by atoms with Crippen LogP contribution in [0.15, 0.2) is 30.3 Å². The Balaban J connectivity index is 3.45. The van der Waals surface area contributed by atoms with E-state index in [0.29, 0.717) is 6.26 Å². The van der Waals surface area contributed by atoms with Crippen molar-refractivity contribution in [2.24, 2.45) is 0 Å². The smallest absolute Gasteiger partial charge is 0.227 e. The number of rotatable bonds is 5. The Morgan fingerprint density at radius 1 is 0.955 bits per heavy atom. The van der Waals surface area contributed by atoms with E-state index in [2.05, 4.69) is 3.63 Å². The maximum atomic E-state index is 12.2. The molecule has 7 nitrogen and oxygen atoms in total. The van der Waals surface area contributed by atoms with Gasteiger partial charge in [0.05, 0.1) is 0 Å². The number of benzene rings is 1. The number of hydrogen-bond donors (Lipinski definition) is 0. The molecule has 22 heavy (non-hydrogen) atoms. The van der Waals surface area contributed by atoms with Crippen molar-refractivity contribution in [2.45, 2.75) is 10.1 Å². The standard InChI is InChI=1S/C9H9F3O7S3/c1-20(13,14)8(7-5-3-2-4-6-7)21(15,16)19-22(17,18)9(10,11)12/h2-6,8H,1H3. The van der Waals surface area contributed by atoms with Crippen LogP contribution in [0, 0.1) is 0 Å². The second kappa shape index (κ2) is 5.79. The third-order valence-electron chi connectivity index (χ3n) is 2.19. The molecule has 1 unspecified atom stereocenters. The molecule has 0 aliphatic heterocycles. The largest absolute Gasteiger partial charge is 0.524 e. The minimum Gasteiger partial charge on any atom is -0.227 e. The van der Waals surface area contributed by atoms with Crippen LogP contribution in [0.1, 0.15) is 10.1 Å². The highest BCUT2D eigenvalue weighted by atomic mass is 32.3. The van der Waals surface area contributed by atoms with Crippen LogP contribution in [0.3, 0.4) is 0 Å². The minimum atomic E-state index is -6.52. The summed E-state index contributed by atoms with van der Waals surface area (Å²) in [5.74, 6) is 0. The second-order valence-electron chi connectivity index (χ2n) is 4.03. The van der Waals surface area contributed by atoms with Gasteiger partial charge < -0.3 is 0 Å². The predicted molar refractivity (Wildman–Crippen MR) is 69.0 cm³/mol. The maximum absolute atomic E-state index is 12.2. The molecule has 0 fully saturated rings. The van der Waals surface area contributed by atoms with Gasteiger partial charge in [-0.2, -0.15) is 30.0 Å². The topological polar surface area (TPSA) is 112 Å². The molecule has 0 aliphatic rings. The lowest BCUT2D eigenvalue weighted by molar-refractivity contribution is -0.0498. The molecule has 1 aromatic carbocycles. The quantitative estimate of drug-likeness (QED) is 0.696. The fraction of sp³-hybridized carbons (Fsp3) is 0.333. The number of sulfone groups is 1. The zero-order valence-corrected chi connectivity index (χ0v) is 13.1. The van der Waals surface area contributed by atoms with Gasteiger partial charge in [-0.3, -0.25) is 0 Å². The molecular weight excluding hydrogens is 373 g/mol. The van der Waals surface area contributed by atoms with Crippen LogP contribution in [-0.2, 0) is 33.7 Å². The van der Waals surface area contributed by atoms with Gasteiger partial charge in [-0.1, -0.05) is 30.3 Å². The van der Waals surface area contributed by atoms with Gasteiger partial charge in [0.2, 0.25) is 4.58 Å². The van der Waals surface area contributed by atoms with Gasteiger partial charge in [-0.25, -0.2) is 8.42 Å². The number of hydrogen-bond acceptors (Lipinski definition) is 7. The van der Waals surface area contributed by atoms with E-state index < -0.39 is 45.7 Å². The average molecular weight is 382 g/mol. The molecule has 0 aromatic heterocycles. The van der Waals surface area contributed by atoms with Gasteiger partial charge >= 0.3 is 25.7 Å². The highest BCUT2D eigenvalue weighted by molar-refractivity contribution is 8.09. The van der Waals surface area contributed by atoms with Gasteiger partial charge in [0, 0.05) is 6.26 Å². The monoisotopic (exact) mass is 382 g/mol. The first-order valence-electron chi connectivity index (χ1n) is 5.18. The summed E-state index contributed by atoms with van der Waals surface area (Å²) in [6.07, 6.45) is 0.422. The lowest BCUT2D eigenvalue weighted by Gasteiger charge is -2.16. The van der Waals surface area contributed by atoms with E-state index in [9.17, 15) is 38.4 Å². The lowest BCUT2D eigenvalue weighted by atomic mass is 10.2. The van der Waals surface area contributed by atoms with Crippen LogP contribution in [0.25, 0.3) is 0 Å². The van der Waals surface area contributed by atoms with Crippen LogP contribution >= 0.6 is 0 Å². The third-order valence-corrected chi connectivity index (χ3v) is 7.84. The van der Waals surface area contributed by atoms with Crippen LogP contribution in [0.2, 0.25) is 0 Å². The van der Waals surface area contributed by atoms with Gasteiger partial charge in [0.25, 0.3) is 0 Å². The van der Waals surface area contributed by atoms with Crippen molar-refractivity contribution in [1.29, 1.82) is 0 Å². The van der Waals surface area contributed by atoms with Crippen molar-refractivity contribution in [2.75, 3.05) is 6.26 Å². The SMILES string of the molecule is CS(=O)(=O)C(c1ccccc1)S(=O)(=O)OS(=O)(=O)C(F)(F)F. The highest BCUT2D eigenvalue weighted by Gasteiger charge is 2.53. The molecule has 0 aliphatic carbocycles. The Bertz CT molecular complexity index is 839. The van der Waals surface area contributed by atoms with Crippen molar-refractivity contribution >= 4 is 30.1 Å². The van der Waals surface area contributed by atoms with Crippen LogP contribution in [0.4, 0.5) is 13.2 Å². The zero-order valence-electron chi connectivity index (χ0n) is 10.7. The molecule has 0 saturated carbocycles. The lowest BCUT2D eigenvalue weighted by Crippen LogP contribution is -2.32. The summed E-state index contributed by atoms with van der Waals surface area (Å²) in [5, 5.41) is 0. The summed E-state index contributed by atoms with van der Waals surface area (Å²) in [6.45, 7) is 0. The highest BCUT2D eigenvalue weighted by Crippen LogP contribution is 2.34. The van der Waals surface area contributed by atoms with Gasteiger partial charge in [0.15, 0.2) is 9.84 Å². The van der Waals surface area contributed by atoms with Crippen molar-refractivity contribution in [3.8, 4) is 0 Å². The average Bonchev–Trinajstić information content (AvgIpc) is 2.24. The Kier molecular flexibility index (Phi) is 4.97. The van der Waals surface area contributed by atoms with E-state index in [-0.39, 0.29) is 0 Å². The molecule has 1 rings (SSSR count). The minimum absolute atomic E-state index is 0.422. The first kappa shape index (κ1) is 18.9. The molecule has 0 amide bonds. The van der Waals surface area contributed by atoms with E-state index in [4.69, 9.17) is 0 Å². The molecule has 126 valence electrons. The molecule has 13 heteroatoms.